The molecule has 0 amide bonds. The van der Waals surface area contributed by atoms with Crippen molar-refractivity contribution in [2.24, 2.45) is 0 Å². The molecule has 0 saturated carbocycles. The van der Waals surface area contributed by atoms with Crippen molar-refractivity contribution in [2.45, 2.75) is 6.42 Å². The third-order valence-corrected chi connectivity index (χ3v) is 3.20. The van der Waals surface area contributed by atoms with Crippen LogP contribution in [-0.4, -0.2) is 15.2 Å². The molecule has 0 aliphatic heterocycles. The van der Waals surface area contributed by atoms with Crippen LogP contribution in [0.1, 0.15) is 11.4 Å². The number of benzene rings is 2. The zero-order valence-corrected chi connectivity index (χ0v) is 11.5. The fourth-order valence-electron chi connectivity index (χ4n) is 1.94. The molecule has 0 spiro atoms. The van der Waals surface area contributed by atoms with E-state index in [0.29, 0.717) is 17.3 Å². The van der Waals surface area contributed by atoms with E-state index in [4.69, 9.17) is 16.1 Å². The molecular weight excluding hydrogens is 295 g/mol. The van der Waals surface area contributed by atoms with E-state index in [-0.39, 0.29) is 17.2 Å². The summed E-state index contributed by atoms with van der Waals surface area (Å²) < 4.78 is 18.7. The molecule has 1 N–H and O–H groups in total. The maximum atomic E-state index is 13.7. The maximum Gasteiger partial charge on any atom is 0.264 e. The second-order valence-corrected chi connectivity index (χ2v) is 4.89. The highest BCUT2D eigenvalue weighted by molar-refractivity contribution is 6.30. The van der Waals surface area contributed by atoms with Crippen molar-refractivity contribution in [3.05, 3.63) is 64.7 Å². The molecule has 0 aliphatic rings. The quantitative estimate of drug-likeness (QED) is 0.799. The molecule has 2 aromatic carbocycles. The van der Waals surface area contributed by atoms with Crippen molar-refractivity contribution in [3.8, 4) is 17.2 Å². The summed E-state index contributed by atoms with van der Waals surface area (Å²) in [4.78, 5) is 4.11. The normalized spacial score (nSPS) is 10.8. The SMILES string of the molecule is Oc1cccc(F)c1-c1nc(Cc2ccc(Cl)cc2)no1. The molecule has 106 valence electrons. The third kappa shape index (κ3) is 2.87. The predicted molar refractivity (Wildman–Crippen MR) is 75.6 cm³/mol. The van der Waals surface area contributed by atoms with Crippen LogP contribution >= 0.6 is 11.6 Å². The number of hydrogen-bond donors (Lipinski definition) is 1. The number of halogens is 2. The van der Waals surface area contributed by atoms with Crippen LogP contribution in [0.25, 0.3) is 11.5 Å². The van der Waals surface area contributed by atoms with Crippen molar-refractivity contribution >= 4 is 11.6 Å². The summed E-state index contributed by atoms with van der Waals surface area (Å²) in [5.74, 6) is -0.502. The first kappa shape index (κ1) is 13.6. The second kappa shape index (κ2) is 5.54. The molecule has 1 heterocycles. The van der Waals surface area contributed by atoms with Gasteiger partial charge >= 0.3 is 0 Å². The van der Waals surface area contributed by atoms with E-state index in [1.165, 1.54) is 18.2 Å². The number of rotatable bonds is 3. The summed E-state index contributed by atoms with van der Waals surface area (Å²) in [7, 11) is 0. The summed E-state index contributed by atoms with van der Waals surface area (Å²) in [6.07, 6.45) is 0.426. The van der Waals surface area contributed by atoms with Crippen molar-refractivity contribution in [1.82, 2.24) is 10.1 Å². The van der Waals surface area contributed by atoms with Crippen molar-refractivity contribution in [1.29, 1.82) is 0 Å². The van der Waals surface area contributed by atoms with Gasteiger partial charge in [-0.3, -0.25) is 0 Å². The first-order chi connectivity index (χ1) is 10.1. The first-order valence-electron chi connectivity index (χ1n) is 6.18. The van der Waals surface area contributed by atoms with Gasteiger partial charge in [-0.2, -0.15) is 4.98 Å². The molecule has 6 heteroatoms. The van der Waals surface area contributed by atoms with Crippen LogP contribution in [0.2, 0.25) is 5.02 Å². The van der Waals surface area contributed by atoms with E-state index < -0.39 is 5.82 Å². The van der Waals surface area contributed by atoms with Gasteiger partial charge in [-0.15, -0.1) is 0 Å². The van der Waals surface area contributed by atoms with Crippen LogP contribution < -0.4 is 0 Å². The van der Waals surface area contributed by atoms with E-state index in [2.05, 4.69) is 10.1 Å². The lowest BCUT2D eigenvalue weighted by Crippen LogP contribution is -1.91. The molecule has 4 nitrogen and oxygen atoms in total. The topological polar surface area (TPSA) is 59.2 Å². The van der Waals surface area contributed by atoms with Gasteiger partial charge in [0.15, 0.2) is 5.82 Å². The molecule has 0 aliphatic carbocycles. The van der Waals surface area contributed by atoms with Gasteiger partial charge in [0, 0.05) is 11.4 Å². The Morgan fingerprint density at radius 2 is 1.90 bits per heavy atom. The summed E-state index contributed by atoms with van der Waals surface area (Å²) in [5.41, 5.74) is 0.858. The highest BCUT2D eigenvalue weighted by atomic mass is 35.5. The minimum absolute atomic E-state index is 0.0467. The Morgan fingerprint density at radius 3 is 2.62 bits per heavy atom. The van der Waals surface area contributed by atoms with Gasteiger partial charge in [-0.1, -0.05) is 35.0 Å². The first-order valence-corrected chi connectivity index (χ1v) is 6.56. The standard InChI is InChI=1S/C15H10ClFN2O2/c16-10-6-4-9(5-7-10)8-13-18-15(21-19-13)14-11(17)2-1-3-12(14)20/h1-7,20H,8H2. The predicted octanol–water partition coefficient (Wildman–Crippen LogP) is 3.83. The molecule has 0 fully saturated rings. The number of phenolic OH excluding ortho intramolecular Hbond substituents is 1. The Bertz CT molecular complexity index is 751. The van der Waals surface area contributed by atoms with E-state index in [1.54, 1.807) is 12.1 Å². The van der Waals surface area contributed by atoms with Gasteiger partial charge in [0.25, 0.3) is 5.89 Å². The summed E-state index contributed by atoms with van der Waals surface area (Å²) in [5, 5.41) is 14.1. The van der Waals surface area contributed by atoms with Crippen LogP contribution in [0, 0.1) is 5.82 Å². The molecule has 0 unspecified atom stereocenters. The average molecular weight is 305 g/mol. The lowest BCUT2D eigenvalue weighted by atomic mass is 10.1. The van der Waals surface area contributed by atoms with Crippen LogP contribution in [-0.2, 0) is 6.42 Å². The molecule has 3 rings (SSSR count). The molecule has 0 atom stereocenters. The monoisotopic (exact) mass is 304 g/mol. The van der Waals surface area contributed by atoms with E-state index in [1.807, 2.05) is 12.1 Å². The highest BCUT2D eigenvalue weighted by Crippen LogP contribution is 2.30. The fraction of sp³-hybridized carbons (Fsp3) is 0.0667. The highest BCUT2D eigenvalue weighted by Gasteiger charge is 2.17. The second-order valence-electron chi connectivity index (χ2n) is 4.45. The van der Waals surface area contributed by atoms with Gasteiger partial charge in [0.05, 0.1) is 0 Å². The number of phenols is 1. The molecule has 21 heavy (non-hydrogen) atoms. The number of aromatic hydroxyl groups is 1. The zero-order chi connectivity index (χ0) is 14.8. The lowest BCUT2D eigenvalue weighted by molar-refractivity contribution is 0.415. The van der Waals surface area contributed by atoms with Crippen LogP contribution in [0.3, 0.4) is 0 Å². The molecule has 3 aromatic rings. The summed E-state index contributed by atoms with van der Waals surface area (Å²) >= 11 is 5.81. The van der Waals surface area contributed by atoms with E-state index in [0.717, 1.165) is 5.56 Å². The lowest BCUT2D eigenvalue weighted by Gasteiger charge is -1.99. The average Bonchev–Trinajstić information content (AvgIpc) is 2.89. The Labute approximate surface area is 124 Å². The van der Waals surface area contributed by atoms with Gasteiger partial charge in [-0.25, -0.2) is 4.39 Å². The Hall–Kier alpha value is -2.40. The molecular formula is C15H10ClFN2O2. The minimum atomic E-state index is -0.614. The van der Waals surface area contributed by atoms with Crippen molar-refractivity contribution in [2.75, 3.05) is 0 Å². The summed E-state index contributed by atoms with van der Waals surface area (Å²) in [6.45, 7) is 0. The Balaban J connectivity index is 1.88. The third-order valence-electron chi connectivity index (χ3n) is 2.95. The zero-order valence-electron chi connectivity index (χ0n) is 10.8. The van der Waals surface area contributed by atoms with Crippen molar-refractivity contribution < 1.29 is 14.0 Å². The maximum absolute atomic E-state index is 13.7. The van der Waals surface area contributed by atoms with Crippen LogP contribution in [0.5, 0.6) is 5.75 Å². The van der Waals surface area contributed by atoms with Crippen LogP contribution in [0.4, 0.5) is 4.39 Å². The van der Waals surface area contributed by atoms with Gasteiger partial charge in [-0.05, 0) is 29.8 Å². The largest absolute Gasteiger partial charge is 0.507 e. The van der Waals surface area contributed by atoms with Crippen LogP contribution in [0.15, 0.2) is 47.0 Å². The number of nitrogens with zero attached hydrogens (tertiary/aromatic N) is 2. The van der Waals surface area contributed by atoms with Crippen molar-refractivity contribution in [3.63, 3.8) is 0 Å². The smallest absolute Gasteiger partial charge is 0.264 e. The molecule has 0 saturated heterocycles. The Morgan fingerprint density at radius 1 is 1.14 bits per heavy atom. The molecule has 0 bridgehead atoms. The summed E-state index contributed by atoms with van der Waals surface area (Å²) in [6, 6.07) is 11.2. The number of hydrogen-bond acceptors (Lipinski definition) is 4. The van der Waals surface area contributed by atoms with E-state index >= 15 is 0 Å². The Kier molecular flexibility index (Phi) is 3.58. The van der Waals surface area contributed by atoms with Gasteiger partial charge in [0.1, 0.15) is 17.1 Å². The number of aromatic nitrogens is 2. The minimum Gasteiger partial charge on any atom is -0.507 e. The molecule has 0 radical (unpaired) electrons. The molecule has 1 aromatic heterocycles. The van der Waals surface area contributed by atoms with Gasteiger partial charge < -0.3 is 9.63 Å². The van der Waals surface area contributed by atoms with Gasteiger partial charge in [0.2, 0.25) is 0 Å². The fourth-order valence-corrected chi connectivity index (χ4v) is 2.06. The van der Waals surface area contributed by atoms with E-state index in [9.17, 15) is 9.50 Å².